The molecule has 0 spiro atoms. The van der Waals surface area contributed by atoms with Crippen molar-refractivity contribution in [1.29, 1.82) is 0 Å². The molecule has 0 radical (unpaired) electrons. The molecule has 4 saturated carbocycles. The predicted octanol–water partition coefficient (Wildman–Crippen LogP) is -0.588. The molecule has 23 atom stereocenters. The Morgan fingerprint density at radius 2 is 1.25 bits per heavy atom. The van der Waals surface area contributed by atoms with E-state index in [1.54, 1.807) is 6.08 Å². The number of aliphatic hydroxyl groups excluding tert-OH is 10. The van der Waals surface area contributed by atoms with Crippen molar-refractivity contribution in [3.63, 3.8) is 0 Å². The molecule has 8 rings (SSSR count). The van der Waals surface area contributed by atoms with E-state index in [-0.39, 0.29) is 17.1 Å². The van der Waals surface area contributed by atoms with Crippen LogP contribution in [-0.2, 0) is 42.8 Å². The van der Waals surface area contributed by atoms with Gasteiger partial charge in [-0.2, -0.15) is 0 Å². The van der Waals surface area contributed by atoms with Crippen molar-refractivity contribution in [2.24, 2.45) is 50.2 Å². The van der Waals surface area contributed by atoms with Crippen LogP contribution in [0.3, 0.4) is 0 Å². The smallest absolute Gasteiger partial charge is 0.335 e. The number of esters is 1. The Hall–Kier alpha value is -2.25. The summed E-state index contributed by atoms with van der Waals surface area (Å²) in [6, 6.07) is 0. The van der Waals surface area contributed by atoms with Crippen molar-refractivity contribution >= 4 is 17.7 Å². The number of fused-ring (bicyclic) bond motifs is 7. The Kier molecular flexibility index (Phi) is 13.8. The van der Waals surface area contributed by atoms with E-state index < -0.39 is 162 Å². The second-order valence-electron chi connectivity index (χ2n) is 23.5. The van der Waals surface area contributed by atoms with Crippen LogP contribution in [0.1, 0.15) is 106 Å². The highest BCUT2D eigenvalue weighted by molar-refractivity contribution is 5.96. The Labute approximate surface area is 395 Å². The van der Waals surface area contributed by atoms with Crippen molar-refractivity contribution in [2.45, 2.75) is 204 Å². The third-order valence-electron chi connectivity index (χ3n) is 19.0. The third-order valence-corrected chi connectivity index (χ3v) is 19.0. The first-order chi connectivity index (χ1) is 31.6. The number of rotatable bonds is 9. The average Bonchev–Trinajstić information content (AvgIpc) is 3.27. The van der Waals surface area contributed by atoms with Crippen LogP contribution in [0.15, 0.2) is 11.6 Å². The lowest BCUT2D eigenvalue weighted by molar-refractivity contribution is -0.374. The molecule has 0 aromatic carbocycles. The largest absolute Gasteiger partial charge is 0.479 e. The number of aliphatic hydroxyl groups is 10. The number of aliphatic carboxylic acids is 1. The molecule has 3 saturated heterocycles. The van der Waals surface area contributed by atoms with Crippen LogP contribution >= 0.6 is 0 Å². The molecule has 4 unspecified atom stereocenters. The van der Waals surface area contributed by atoms with Crippen LogP contribution in [-0.4, -0.2) is 185 Å². The highest BCUT2D eigenvalue weighted by atomic mass is 16.8. The summed E-state index contributed by atoms with van der Waals surface area (Å²) >= 11 is 0. The standard InChI is InChI=1S/C48H74O20/c1-43(2)12-14-48(42(62)68-40-34(59)30(55)28(53)24(19-50)64-40)15-13-46(6)20(21(48)17-43)16-22(51)37-45(5)10-9-26(44(3,4)25(45)8-11-47(37,46)7)65-41-36(32(57)31(56)35(66-41)38(60)61)67-39-33(58)29(54)27(52)23(18-49)63-39/h16,21,23-37,39-41,49-50,52-59H,8-15,17-19H2,1-7H3,(H,60,61)/t21?,23-,24+,25?,26-,27-,28+,29+,30-,31-,32-,33-,34+,35-,36+,37?,39?,40-,41+,45-,46+,47+,48+/m0/s1. The number of allylic oxidation sites excluding steroid dienone is 2. The maximum Gasteiger partial charge on any atom is 0.335 e. The molecule has 0 bridgehead atoms. The van der Waals surface area contributed by atoms with E-state index in [2.05, 4.69) is 34.6 Å². The lowest BCUT2D eigenvalue weighted by Gasteiger charge is -2.70. The fourth-order valence-corrected chi connectivity index (χ4v) is 14.8. The number of hydrogen-bond donors (Lipinski definition) is 11. The van der Waals surface area contributed by atoms with Gasteiger partial charge >= 0.3 is 11.9 Å². The molecule has 7 fully saturated rings. The summed E-state index contributed by atoms with van der Waals surface area (Å²) in [4.78, 5) is 42.2. The van der Waals surface area contributed by atoms with E-state index in [0.29, 0.717) is 57.8 Å². The van der Waals surface area contributed by atoms with Crippen molar-refractivity contribution < 1.29 is 99.0 Å². The summed E-state index contributed by atoms with van der Waals surface area (Å²) in [5.41, 5.74) is -2.85. The van der Waals surface area contributed by atoms with Gasteiger partial charge in [-0.05, 0) is 103 Å². The van der Waals surface area contributed by atoms with Gasteiger partial charge in [-0.3, -0.25) is 9.59 Å². The molecule has 11 N–H and O–H groups in total. The van der Waals surface area contributed by atoms with Gasteiger partial charge in [0.2, 0.25) is 6.29 Å². The lowest BCUT2D eigenvalue weighted by atomic mass is 9.33. The molecular weight excluding hydrogens is 897 g/mol. The van der Waals surface area contributed by atoms with E-state index >= 15 is 4.79 Å². The number of carboxylic acids is 1. The van der Waals surface area contributed by atoms with Gasteiger partial charge in [0.25, 0.3) is 0 Å². The van der Waals surface area contributed by atoms with Crippen molar-refractivity contribution in [3.05, 3.63) is 11.6 Å². The molecule has 0 aromatic heterocycles. The van der Waals surface area contributed by atoms with Crippen molar-refractivity contribution in [2.75, 3.05) is 13.2 Å². The van der Waals surface area contributed by atoms with Gasteiger partial charge < -0.3 is 84.6 Å². The number of carbonyl (C=O) groups is 3. The fourth-order valence-electron chi connectivity index (χ4n) is 14.8. The van der Waals surface area contributed by atoms with Crippen LogP contribution in [0.4, 0.5) is 0 Å². The first-order valence-electron chi connectivity index (χ1n) is 24.3. The Balaban J connectivity index is 1.07. The zero-order valence-corrected chi connectivity index (χ0v) is 39.9. The molecule has 3 heterocycles. The quantitative estimate of drug-likeness (QED) is 0.102. The molecular formula is C48H74O20. The predicted molar refractivity (Wildman–Crippen MR) is 231 cm³/mol. The Bertz CT molecular complexity index is 1960. The Morgan fingerprint density at radius 3 is 1.85 bits per heavy atom. The van der Waals surface area contributed by atoms with Gasteiger partial charge in [-0.15, -0.1) is 0 Å². The average molecular weight is 971 g/mol. The van der Waals surface area contributed by atoms with E-state index in [1.165, 1.54) is 0 Å². The summed E-state index contributed by atoms with van der Waals surface area (Å²) in [5.74, 6) is -3.29. The number of carbonyl (C=O) groups excluding carboxylic acids is 2. The van der Waals surface area contributed by atoms with Crippen LogP contribution in [0.5, 0.6) is 0 Å². The zero-order valence-electron chi connectivity index (χ0n) is 39.9. The molecule has 20 nitrogen and oxygen atoms in total. The van der Waals surface area contributed by atoms with E-state index in [1.807, 2.05) is 13.8 Å². The van der Waals surface area contributed by atoms with Crippen LogP contribution in [0.25, 0.3) is 0 Å². The molecule has 68 heavy (non-hydrogen) atoms. The minimum Gasteiger partial charge on any atom is -0.479 e. The monoisotopic (exact) mass is 970 g/mol. The van der Waals surface area contributed by atoms with Crippen LogP contribution in [0, 0.1) is 50.2 Å². The zero-order chi connectivity index (χ0) is 50.0. The van der Waals surface area contributed by atoms with E-state index in [0.717, 1.165) is 5.57 Å². The Morgan fingerprint density at radius 1 is 0.662 bits per heavy atom. The van der Waals surface area contributed by atoms with Gasteiger partial charge in [0.05, 0.1) is 24.7 Å². The summed E-state index contributed by atoms with van der Waals surface area (Å²) in [7, 11) is 0. The maximum absolute atomic E-state index is 15.2. The summed E-state index contributed by atoms with van der Waals surface area (Å²) in [6.45, 7) is 13.4. The topological polar surface area (TPSA) is 329 Å². The van der Waals surface area contributed by atoms with Crippen molar-refractivity contribution in [3.8, 4) is 0 Å². The van der Waals surface area contributed by atoms with E-state index in [4.69, 9.17) is 28.4 Å². The second kappa shape index (κ2) is 18.0. The first kappa shape index (κ1) is 52.1. The molecule has 0 amide bonds. The molecule has 3 aliphatic heterocycles. The maximum atomic E-state index is 15.2. The molecule has 386 valence electrons. The number of carboxylic acid groups (broad SMARTS) is 1. The SMILES string of the molecule is CC1(C)CC[C@@]2(C(=O)O[C@@H]3O[C@H](CO)[C@@H](O)[C@H](O)[C@H]3O)CC[C@]3(C)C(=CC(=O)C4[C@@]5(C)CC[C@H](O[C@@H]6O[C@H](C(=O)O)[C@@H](O)[C@H](O)[C@H]6OC6O[C@@H](CO)[C@H](O)[C@@H](O)[C@@H]6O)C(C)(C)C5CC[C@]43C)C2C1. The van der Waals surface area contributed by atoms with Gasteiger partial charge in [0.1, 0.15) is 67.1 Å². The fraction of sp³-hybridized carbons (Fsp3) is 0.896. The summed E-state index contributed by atoms with van der Waals surface area (Å²) in [6.07, 6.45) is -20.0. The molecule has 8 aliphatic rings. The lowest BCUT2D eigenvalue weighted by Crippen LogP contribution is -2.68. The highest BCUT2D eigenvalue weighted by Gasteiger charge is 2.72. The highest BCUT2D eigenvalue weighted by Crippen LogP contribution is 2.75. The van der Waals surface area contributed by atoms with E-state index in [9.17, 15) is 65.8 Å². The molecule has 20 heteroatoms. The summed E-state index contributed by atoms with van der Waals surface area (Å²) < 4.78 is 35.4. The second-order valence-corrected chi connectivity index (χ2v) is 23.5. The minimum absolute atomic E-state index is 0.0474. The summed E-state index contributed by atoms with van der Waals surface area (Å²) in [5, 5.41) is 115. The third kappa shape index (κ3) is 7.94. The molecule has 0 aromatic rings. The van der Waals surface area contributed by atoms with Crippen molar-refractivity contribution in [1.82, 2.24) is 0 Å². The van der Waals surface area contributed by atoms with Crippen LogP contribution < -0.4 is 0 Å². The number of ether oxygens (including phenoxy) is 6. The first-order valence-corrected chi connectivity index (χ1v) is 24.3. The normalized spacial score (nSPS) is 52.0. The number of ketones is 1. The van der Waals surface area contributed by atoms with Gasteiger partial charge in [-0.1, -0.05) is 54.0 Å². The van der Waals surface area contributed by atoms with Crippen LogP contribution in [0.2, 0.25) is 0 Å². The minimum atomic E-state index is -2.02. The van der Waals surface area contributed by atoms with Gasteiger partial charge in [0.15, 0.2) is 24.5 Å². The van der Waals surface area contributed by atoms with Gasteiger partial charge in [0, 0.05) is 5.92 Å². The molecule has 5 aliphatic carbocycles. The number of hydrogen-bond acceptors (Lipinski definition) is 19. The van der Waals surface area contributed by atoms with Gasteiger partial charge in [-0.25, -0.2) is 4.79 Å².